The van der Waals surface area contributed by atoms with Crippen LogP contribution in [0.4, 0.5) is 0 Å². The first-order valence-electron chi connectivity index (χ1n) is 8.98. The van der Waals surface area contributed by atoms with Gasteiger partial charge in [-0.15, -0.1) is 0 Å². The Balaban J connectivity index is 1.72. The number of rotatable bonds is 6. The van der Waals surface area contributed by atoms with Crippen LogP contribution in [0.2, 0.25) is 0 Å². The van der Waals surface area contributed by atoms with E-state index in [0.717, 1.165) is 0 Å². The summed E-state index contributed by atoms with van der Waals surface area (Å²) >= 11 is 0. The van der Waals surface area contributed by atoms with Crippen molar-refractivity contribution in [2.75, 3.05) is 0 Å². The Labute approximate surface area is 135 Å². The Hall–Kier alpha value is -1.12. The van der Waals surface area contributed by atoms with E-state index in [4.69, 9.17) is 9.98 Å². The van der Waals surface area contributed by atoms with Crippen LogP contribution in [0.25, 0.3) is 0 Å². The van der Waals surface area contributed by atoms with Crippen LogP contribution in [0, 0.1) is 23.7 Å². The minimum atomic E-state index is 0.474. The van der Waals surface area contributed by atoms with Crippen molar-refractivity contribution in [2.24, 2.45) is 33.7 Å². The summed E-state index contributed by atoms with van der Waals surface area (Å²) in [6.07, 6.45) is 4.78. The van der Waals surface area contributed by atoms with E-state index in [1.807, 2.05) is 0 Å². The van der Waals surface area contributed by atoms with Crippen LogP contribution >= 0.6 is 0 Å². The van der Waals surface area contributed by atoms with Crippen molar-refractivity contribution in [3.05, 3.63) is 11.8 Å². The van der Waals surface area contributed by atoms with E-state index in [-0.39, 0.29) is 0 Å². The van der Waals surface area contributed by atoms with Crippen molar-refractivity contribution in [1.29, 1.82) is 0 Å². The van der Waals surface area contributed by atoms with Gasteiger partial charge in [-0.3, -0.25) is 9.98 Å². The van der Waals surface area contributed by atoms with Crippen LogP contribution in [-0.2, 0) is 0 Å². The number of aliphatic imine (C=N–C) groups is 2. The number of allylic oxidation sites excluding steroid dienone is 1. The number of hydrogen-bond donors (Lipinski definition) is 1. The summed E-state index contributed by atoms with van der Waals surface area (Å²) in [4.78, 5) is 9.89. The molecule has 0 aliphatic carbocycles. The molecule has 3 aliphatic rings. The minimum Gasteiger partial charge on any atom is -0.382 e. The van der Waals surface area contributed by atoms with E-state index in [2.05, 4.69) is 52.9 Å². The van der Waals surface area contributed by atoms with E-state index in [9.17, 15) is 0 Å². The van der Waals surface area contributed by atoms with Gasteiger partial charge < -0.3 is 5.32 Å². The van der Waals surface area contributed by atoms with Crippen molar-refractivity contribution in [3.8, 4) is 0 Å². The fourth-order valence-corrected chi connectivity index (χ4v) is 3.72. The van der Waals surface area contributed by atoms with Gasteiger partial charge in [0, 0.05) is 35.9 Å². The smallest absolute Gasteiger partial charge is 0.0622 e. The highest BCUT2D eigenvalue weighted by Gasteiger charge is 2.45. The second-order valence-corrected chi connectivity index (χ2v) is 8.12. The molecule has 3 aliphatic heterocycles. The van der Waals surface area contributed by atoms with Crippen LogP contribution in [0.5, 0.6) is 0 Å². The molecule has 3 unspecified atom stereocenters. The Kier molecular flexibility index (Phi) is 4.17. The number of nitrogens with one attached hydrogen (secondary N) is 1. The number of hydrogen-bond acceptors (Lipinski definition) is 3. The molecule has 0 saturated heterocycles. The summed E-state index contributed by atoms with van der Waals surface area (Å²) in [5.41, 5.74) is 4.19. The maximum Gasteiger partial charge on any atom is 0.0622 e. The van der Waals surface area contributed by atoms with Gasteiger partial charge in [-0.25, -0.2) is 0 Å². The molecule has 3 rings (SSSR count). The molecule has 3 heteroatoms. The lowest BCUT2D eigenvalue weighted by atomic mass is 9.72. The summed E-state index contributed by atoms with van der Waals surface area (Å²) in [5, 5.41) is 3.69. The van der Waals surface area contributed by atoms with E-state index in [1.54, 1.807) is 0 Å². The van der Waals surface area contributed by atoms with Gasteiger partial charge in [0.05, 0.1) is 18.1 Å². The summed E-state index contributed by atoms with van der Waals surface area (Å²) in [7, 11) is 0. The van der Waals surface area contributed by atoms with Gasteiger partial charge in [0.2, 0.25) is 0 Å². The molecule has 22 heavy (non-hydrogen) atoms. The van der Waals surface area contributed by atoms with Gasteiger partial charge in [0.15, 0.2) is 0 Å². The standard InChI is InChI=1S/C19H31N3/c1-10(2)13-7-16(20-13)19(17-8-14(21-17)11(3)4)18-9-15(22-18)12(5)6/h7,10-12,16-20H,8-9H2,1-6H3. The third-order valence-corrected chi connectivity index (χ3v) is 5.45. The van der Waals surface area contributed by atoms with Crippen molar-refractivity contribution in [3.63, 3.8) is 0 Å². The quantitative estimate of drug-likeness (QED) is 0.795. The van der Waals surface area contributed by atoms with Crippen molar-refractivity contribution >= 4 is 11.4 Å². The zero-order valence-electron chi connectivity index (χ0n) is 14.9. The summed E-state index contributed by atoms with van der Waals surface area (Å²) in [6, 6.07) is 1.42. The Morgan fingerprint density at radius 2 is 1.27 bits per heavy atom. The highest BCUT2D eigenvalue weighted by molar-refractivity contribution is 5.92. The molecule has 0 saturated carbocycles. The first-order chi connectivity index (χ1) is 10.4. The predicted molar refractivity (Wildman–Crippen MR) is 94.7 cm³/mol. The highest BCUT2D eigenvalue weighted by Crippen LogP contribution is 2.39. The van der Waals surface area contributed by atoms with Crippen molar-refractivity contribution in [1.82, 2.24) is 5.32 Å². The average molecular weight is 301 g/mol. The molecule has 0 spiro atoms. The van der Waals surface area contributed by atoms with Crippen molar-refractivity contribution in [2.45, 2.75) is 72.5 Å². The summed E-state index contributed by atoms with van der Waals surface area (Å²) < 4.78 is 0. The molecule has 3 atom stereocenters. The maximum absolute atomic E-state index is 4.94. The Bertz CT molecular complexity index is 449. The maximum atomic E-state index is 4.94. The highest BCUT2D eigenvalue weighted by atomic mass is 15.1. The van der Waals surface area contributed by atoms with Gasteiger partial charge in [-0.05, 0) is 23.8 Å². The lowest BCUT2D eigenvalue weighted by molar-refractivity contribution is 0.256. The van der Waals surface area contributed by atoms with Gasteiger partial charge in [-0.1, -0.05) is 41.5 Å². The molecule has 0 radical (unpaired) electrons. The minimum absolute atomic E-state index is 0.474. The normalized spacial score (nSPS) is 31.7. The van der Waals surface area contributed by atoms with Crippen molar-refractivity contribution < 1.29 is 0 Å². The predicted octanol–water partition coefficient (Wildman–Crippen LogP) is 3.85. The molecule has 3 heterocycles. The molecule has 0 bridgehead atoms. The Morgan fingerprint density at radius 1 is 0.864 bits per heavy atom. The van der Waals surface area contributed by atoms with Crippen LogP contribution < -0.4 is 5.32 Å². The Morgan fingerprint density at radius 3 is 1.59 bits per heavy atom. The fraction of sp³-hybridized carbons (Fsp3) is 0.789. The van der Waals surface area contributed by atoms with E-state index >= 15 is 0 Å². The molecule has 0 fully saturated rings. The largest absolute Gasteiger partial charge is 0.382 e. The zero-order valence-corrected chi connectivity index (χ0v) is 14.9. The summed E-state index contributed by atoms with van der Waals surface area (Å²) in [6.45, 7) is 13.5. The van der Waals surface area contributed by atoms with Crippen LogP contribution in [0.3, 0.4) is 0 Å². The van der Waals surface area contributed by atoms with E-state index in [0.29, 0.717) is 41.8 Å². The monoisotopic (exact) mass is 301 g/mol. The summed E-state index contributed by atoms with van der Waals surface area (Å²) in [5.74, 6) is 2.35. The zero-order chi connectivity index (χ0) is 16.0. The first-order valence-corrected chi connectivity index (χ1v) is 8.98. The van der Waals surface area contributed by atoms with Gasteiger partial charge >= 0.3 is 0 Å². The lowest BCUT2D eigenvalue weighted by Gasteiger charge is -2.47. The molecule has 0 aromatic rings. The third-order valence-electron chi connectivity index (χ3n) is 5.45. The van der Waals surface area contributed by atoms with Gasteiger partial charge in [0.1, 0.15) is 0 Å². The SMILES string of the molecule is CC(C)C1=CC(C(C2CC(C(C)C)=N2)C2CC(C(C)C)=N2)N1. The molecule has 1 N–H and O–H groups in total. The molecular formula is C19H31N3. The molecular weight excluding hydrogens is 270 g/mol. The number of nitrogens with zero attached hydrogens (tertiary/aromatic N) is 2. The van der Waals surface area contributed by atoms with Gasteiger partial charge in [-0.2, -0.15) is 0 Å². The molecule has 3 nitrogen and oxygen atoms in total. The fourth-order valence-electron chi connectivity index (χ4n) is 3.72. The van der Waals surface area contributed by atoms with E-state index < -0.39 is 0 Å². The second kappa shape index (κ2) is 5.82. The average Bonchev–Trinajstić information content (AvgIpc) is 2.19. The first kappa shape index (κ1) is 15.8. The lowest BCUT2D eigenvalue weighted by Crippen LogP contribution is -2.56. The van der Waals surface area contributed by atoms with Crippen LogP contribution in [-0.4, -0.2) is 29.5 Å². The van der Waals surface area contributed by atoms with Crippen LogP contribution in [0.15, 0.2) is 21.8 Å². The van der Waals surface area contributed by atoms with Gasteiger partial charge in [0.25, 0.3) is 0 Å². The third kappa shape index (κ3) is 2.75. The van der Waals surface area contributed by atoms with Crippen LogP contribution in [0.1, 0.15) is 54.4 Å². The molecule has 0 amide bonds. The second-order valence-electron chi connectivity index (χ2n) is 8.12. The topological polar surface area (TPSA) is 36.8 Å². The van der Waals surface area contributed by atoms with E-state index in [1.165, 1.54) is 30.0 Å². The molecule has 0 aromatic heterocycles. The molecule has 0 aromatic carbocycles. The molecule has 122 valence electrons.